The van der Waals surface area contributed by atoms with Crippen molar-refractivity contribution in [2.75, 3.05) is 0 Å². The Bertz CT molecular complexity index is 596. The summed E-state index contributed by atoms with van der Waals surface area (Å²) in [7, 11) is 0. The summed E-state index contributed by atoms with van der Waals surface area (Å²) in [5.74, 6) is 0.884. The molecule has 2 nitrogen and oxygen atoms in total. The average Bonchev–Trinajstić information content (AvgIpc) is 2.76. The van der Waals surface area contributed by atoms with Crippen LogP contribution in [0.25, 0.3) is 10.8 Å². The quantitative estimate of drug-likeness (QED) is 0.804. The van der Waals surface area contributed by atoms with Gasteiger partial charge in [0, 0.05) is 10.9 Å². The summed E-state index contributed by atoms with van der Waals surface area (Å²) in [6.07, 6.45) is 7.17. The van der Waals surface area contributed by atoms with Gasteiger partial charge in [-0.25, -0.2) is 0 Å². The lowest BCUT2D eigenvalue weighted by Crippen LogP contribution is -2.16. The fourth-order valence-electron chi connectivity index (χ4n) is 3.25. The predicted octanol–water partition coefficient (Wildman–Crippen LogP) is 4.99. The van der Waals surface area contributed by atoms with E-state index in [0.29, 0.717) is 0 Å². The lowest BCUT2D eigenvalue weighted by atomic mass is 10.0. The van der Waals surface area contributed by atoms with E-state index in [1.54, 1.807) is 0 Å². The van der Waals surface area contributed by atoms with Crippen LogP contribution in [-0.2, 0) is 0 Å². The molecule has 2 aromatic rings. The molecule has 0 saturated heterocycles. The first kappa shape index (κ1) is 14.4. The van der Waals surface area contributed by atoms with Crippen molar-refractivity contribution in [3.63, 3.8) is 0 Å². The Morgan fingerprint density at radius 2 is 1.71 bits per heavy atom. The second-order valence-corrected chi connectivity index (χ2v) is 6.11. The van der Waals surface area contributed by atoms with Crippen molar-refractivity contribution in [2.24, 2.45) is 0 Å². The normalized spacial score (nSPS) is 18.4. The topological polar surface area (TPSA) is 29.5 Å². The zero-order valence-corrected chi connectivity index (χ0v) is 12.7. The molecule has 1 fully saturated rings. The maximum atomic E-state index is 10.1. The lowest BCUT2D eigenvalue weighted by molar-refractivity contribution is 0.163. The van der Waals surface area contributed by atoms with Gasteiger partial charge in [0.2, 0.25) is 0 Å². The van der Waals surface area contributed by atoms with E-state index in [4.69, 9.17) is 4.74 Å². The molecule has 1 N–H and O–H groups in total. The zero-order chi connectivity index (χ0) is 14.7. The minimum atomic E-state index is -0.504. The van der Waals surface area contributed by atoms with Crippen molar-refractivity contribution in [1.29, 1.82) is 0 Å². The molecule has 21 heavy (non-hydrogen) atoms. The number of rotatable bonds is 3. The van der Waals surface area contributed by atoms with Gasteiger partial charge >= 0.3 is 0 Å². The highest BCUT2D eigenvalue weighted by molar-refractivity contribution is 5.89. The van der Waals surface area contributed by atoms with Gasteiger partial charge in [-0.15, -0.1) is 0 Å². The summed E-state index contributed by atoms with van der Waals surface area (Å²) < 4.78 is 6.38. The first-order chi connectivity index (χ1) is 10.3. The molecule has 2 aromatic carbocycles. The van der Waals surface area contributed by atoms with Crippen molar-refractivity contribution >= 4 is 10.8 Å². The van der Waals surface area contributed by atoms with Gasteiger partial charge < -0.3 is 9.84 Å². The number of hydrogen-bond donors (Lipinski definition) is 1. The van der Waals surface area contributed by atoms with Crippen LogP contribution in [0.15, 0.2) is 36.4 Å². The van der Waals surface area contributed by atoms with Crippen LogP contribution in [-0.4, -0.2) is 11.2 Å². The molecular weight excluding hydrogens is 260 g/mol. The van der Waals surface area contributed by atoms with E-state index in [1.807, 2.05) is 25.1 Å². The third-order valence-electron chi connectivity index (χ3n) is 4.45. The van der Waals surface area contributed by atoms with Gasteiger partial charge in [0.25, 0.3) is 0 Å². The Labute approximate surface area is 126 Å². The van der Waals surface area contributed by atoms with Gasteiger partial charge in [-0.3, -0.25) is 0 Å². The third-order valence-corrected chi connectivity index (χ3v) is 4.45. The van der Waals surface area contributed by atoms with Crippen LogP contribution in [0.2, 0.25) is 0 Å². The van der Waals surface area contributed by atoms with Gasteiger partial charge in [-0.2, -0.15) is 0 Å². The molecule has 1 aliphatic carbocycles. The van der Waals surface area contributed by atoms with Gasteiger partial charge in [-0.05, 0) is 38.0 Å². The highest BCUT2D eigenvalue weighted by Gasteiger charge is 2.19. The molecule has 0 aliphatic heterocycles. The first-order valence-electron chi connectivity index (χ1n) is 8.12. The van der Waals surface area contributed by atoms with E-state index >= 15 is 0 Å². The molecule has 0 aromatic heterocycles. The Morgan fingerprint density at radius 1 is 1.00 bits per heavy atom. The average molecular weight is 284 g/mol. The fourth-order valence-corrected chi connectivity index (χ4v) is 3.25. The number of fused-ring (bicyclic) bond motifs is 1. The van der Waals surface area contributed by atoms with Crippen LogP contribution in [0.5, 0.6) is 5.75 Å². The first-order valence-corrected chi connectivity index (χ1v) is 8.12. The summed E-state index contributed by atoms with van der Waals surface area (Å²) in [4.78, 5) is 0. The maximum absolute atomic E-state index is 10.1. The van der Waals surface area contributed by atoms with Gasteiger partial charge in [-0.1, -0.05) is 49.2 Å². The summed E-state index contributed by atoms with van der Waals surface area (Å²) in [5, 5.41) is 12.4. The summed E-state index contributed by atoms with van der Waals surface area (Å²) in [5.41, 5.74) is 0.901. The Balaban J connectivity index is 1.99. The highest BCUT2D eigenvalue weighted by atomic mass is 16.5. The molecule has 0 bridgehead atoms. The Morgan fingerprint density at radius 3 is 2.43 bits per heavy atom. The summed E-state index contributed by atoms with van der Waals surface area (Å²) in [6, 6.07) is 12.3. The molecule has 2 heteroatoms. The highest BCUT2D eigenvalue weighted by Crippen LogP contribution is 2.35. The third kappa shape index (κ3) is 3.21. The van der Waals surface area contributed by atoms with Crippen molar-refractivity contribution in [3.8, 4) is 5.75 Å². The maximum Gasteiger partial charge on any atom is 0.133 e. The van der Waals surface area contributed by atoms with Crippen LogP contribution in [0.1, 0.15) is 57.1 Å². The minimum absolute atomic E-state index is 0.288. The standard InChI is InChI=1S/C19H24O2/c1-14(20)17-13-12-15-8-6-7-11-18(15)19(17)21-16-9-4-2-3-5-10-16/h6-8,11-14,16,20H,2-5,9-10H2,1H3/t14-/m1/s1. The molecule has 1 saturated carbocycles. The Kier molecular flexibility index (Phi) is 4.45. The van der Waals surface area contributed by atoms with E-state index in [2.05, 4.69) is 18.2 Å². The number of aliphatic hydroxyl groups excluding tert-OH is 1. The van der Waals surface area contributed by atoms with Gasteiger partial charge in [0.05, 0.1) is 12.2 Å². The zero-order valence-electron chi connectivity index (χ0n) is 12.7. The number of ether oxygens (including phenoxy) is 1. The second kappa shape index (κ2) is 6.48. The van der Waals surface area contributed by atoms with Crippen LogP contribution in [0, 0.1) is 0 Å². The molecule has 1 aliphatic rings. The van der Waals surface area contributed by atoms with E-state index < -0.39 is 6.10 Å². The predicted molar refractivity (Wildman–Crippen MR) is 86.7 cm³/mol. The molecule has 0 unspecified atom stereocenters. The van der Waals surface area contributed by atoms with Crippen LogP contribution in [0.4, 0.5) is 0 Å². The van der Waals surface area contributed by atoms with Crippen LogP contribution >= 0.6 is 0 Å². The van der Waals surface area contributed by atoms with Crippen molar-refractivity contribution in [1.82, 2.24) is 0 Å². The molecule has 112 valence electrons. The number of aliphatic hydroxyl groups is 1. The van der Waals surface area contributed by atoms with Crippen LogP contribution in [0.3, 0.4) is 0 Å². The fraction of sp³-hybridized carbons (Fsp3) is 0.474. The van der Waals surface area contributed by atoms with Gasteiger partial charge in [0.1, 0.15) is 5.75 Å². The summed E-state index contributed by atoms with van der Waals surface area (Å²) >= 11 is 0. The summed E-state index contributed by atoms with van der Waals surface area (Å²) in [6.45, 7) is 1.81. The molecule has 0 heterocycles. The lowest BCUT2D eigenvalue weighted by Gasteiger charge is -2.22. The smallest absolute Gasteiger partial charge is 0.133 e. The Hall–Kier alpha value is -1.54. The second-order valence-electron chi connectivity index (χ2n) is 6.11. The molecule has 0 radical (unpaired) electrons. The molecule has 3 rings (SSSR count). The van der Waals surface area contributed by atoms with E-state index in [9.17, 15) is 5.11 Å². The van der Waals surface area contributed by atoms with Crippen molar-refractivity contribution in [3.05, 3.63) is 42.0 Å². The SMILES string of the molecule is C[C@@H](O)c1ccc2ccccc2c1OC1CCCCCC1. The van der Waals surface area contributed by atoms with Crippen molar-refractivity contribution < 1.29 is 9.84 Å². The monoisotopic (exact) mass is 284 g/mol. The van der Waals surface area contributed by atoms with E-state index in [0.717, 1.165) is 29.5 Å². The number of benzene rings is 2. The van der Waals surface area contributed by atoms with Gasteiger partial charge in [0.15, 0.2) is 0 Å². The van der Waals surface area contributed by atoms with Crippen molar-refractivity contribution in [2.45, 2.75) is 57.7 Å². The van der Waals surface area contributed by atoms with E-state index in [1.165, 1.54) is 31.1 Å². The molecule has 0 amide bonds. The molecule has 1 atom stereocenters. The minimum Gasteiger partial charge on any atom is -0.489 e. The molecule has 0 spiro atoms. The van der Waals surface area contributed by atoms with Crippen LogP contribution < -0.4 is 4.74 Å². The molecular formula is C19H24O2. The number of hydrogen-bond acceptors (Lipinski definition) is 2. The van der Waals surface area contributed by atoms with E-state index in [-0.39, 0.29) is 6.10 Å². The largest absolute Gasteiger partial charge is 0.489 e.